The first-order valence-electron chi connectivity index (χ1n) is 5.33. The van der Waals surface area contributed by atoms with E-state index in [2.05, 4.69) is 21.5 Å². The van der Waals surface area contributed by atoms with Crippen molar-refractivity contribution in [3.05, 3.63) is 47.8 Å². The summed E-state index contributed by atoms with van der Waals surface area (Å²) in [4.78, 5) is 8.22. The molecular weight excluding hydrogens is 200 g/mol. The standard InChI is InChI=1S/C12H16N4/c1-9-5-14-4-3-11(9)7-16-8-15-6-12(16)10(2)13/h3-6,8,10H,7,13H2,1-2H3. The Balaban J connectivity index is 2.27. The Labute approximate surface area is 95.1 Å². The van der Waals surface area contributed by atoms with Crippen LogP contribution in [0.4, 0.5) is 0 Å². The number of rotatable bonds is 3. The Morgan fingerprint density at radius 3 is 2.88 bits per heavy atom. The fourth-order valence-corrected chi connectivity index (χ4v) is 1.71. The second kappa shape index (κ2) is 4.45. The van der Waals surface area contributed by atoms with Crippen LogP contribution in [-0.4, -0.2) is 14.5 Å². The van der Waals surface area contributed by atoms with Crippen molar-refractivity contribution in [1.82, 2.24) is 14.5 Å². The van der Waals surface area contributed by atoms with Gasteiger partial charge in [-0.3, -0.25) is 4.98 Å². The molecule has 2 rings (SSSR count). The van der Waals surface area contributed by atoms with Crippen molar-refractivity contribution in [3.63, 3.8) is 0 Å². The van der Waals surface area contributed by atoms with Crippen molar-refractivity contribution in [1.29, 1.82) is 0 Å². The Morgan fingerprint density at radius 2 is 2.19 bits per heavy atom. The molecule has 0 saturated carbocycles. The van der Waals surface area contributed by atoms with Gasteiger partial charge in [-0.05, 0) is 31.0 Å². The predicted octanol–water partition coefficient (Wildman–Crippen LogP) is 1.65. The molecule has 4 nitrogen and oxygen atoms in total. The lowest BCUT2D eigenvalue weighted by molar-refractivity contribution is 0.672. The third kappa shape index (κ3) is 2.12. The van der Waals surface area contributed by atoms with Gasteiger partial charge >= 0.3 is 0 Å². The first-order chi connectivity index (χ1) is 7.68. The maximum absolute atomic E-state index is 5.88. The highest BCUT2D eigenvalue weighted by atomic mass is 15.1. The fraction of sp³-hybridized carbons (Fsp3) is 0.333. The van der Waals surface area contributed by atoms with E-state index in [9.17, 15) is 0 Å². The summed E-state index contributed by atoms with van der Waals surface area (Å²) in [6, 6.07) is 2.03. The van der Waals surface area contributed by atoms with Gasteiger partial charge in [-0.25, -0.2) is 4.98 Å². The molecule has 0 radical (unpaired) electrons. The van der Waals surface area contributed by atoms with Crippen LogP contribution in [0, 0.1) is 6.92 Å². The lowest BCUT2D eigenvalue weighted by atomic mass is 10.1. The normalized spacial score (nSPS) is 12.7. The van der Waals surface area contributed by atoms with Gasteiger partial charge < -0.3 is 10.3 Å². The molecule has 4 heteroatoms. The number of hydrogen-bond donors (Lipinski definition) is 1. The third-order valence-corrected chi connectivity index (χ3v) is 2.69. The van der Waals surface area contributed by atoms with Gasteiger partial charge in [0.25, 0.3) is 0 Å². The van der Waals surface area contributed by atoms with Gasteiger partial charge in [0.1, 0.15) is 0 Å². The van der Waals surface area contributed by atoms with Gasteiger partial charge in [0.2, 0.25) is 0 Å². The van der Waals surface area contributed by atoms with E-state index in [4.69, 9.17) is 5.73 Å². The minimum absolute atomic E-state index is 0.00430. The molecular formula is C12H16N4. The van der Waals surface area contributed by atoms with Crippen LogP contribution < -0.4 is 5.73 Å². The van der Waals surface area contributed by atoms with E-state index in [1.807, 2.05) is 37.9 Å². The van der Waals surface area contributed by atoms with Crippen LogP contribution in [0.2, 0.25) is 0 Å². The van der Waals surface area contributed by atoms with Crippen LogP contribution in [0.5, 0.6) is 0 Å². The van der Waals surface area contributed by atoms with Gasteiger partial charge in [0.05, 0.1) is 12.0 Å². The molecule has 0 aliphatic rings. The second-order valence-corrected chi connectivity index (χ2v) is 4.04. The molecule has 0 amide bonds. The number of aryl methyl sites for hydroxylation is 1. The van der Waals surface area contributed by atoms with Crippen molar-refractivity contribution in [2.45, 2.75) is 26.4 Å². The maximum atomic E-state index is 5.88. The maximum Gasteiger partial charge on any atom is 0.0951 e. The van der Waals surface area contributed by atoms with E-state index >= 15 is 0 Å². The Kier molecular flexibility index (Phi) is 3.01. The van der Waals surface area contributed by atoms with Crippen LogP contribution in [0.15, 0.2) is 31.0 Å². The molecule has 0 aromatic carbocycles. The average molecular weight is 216 g/mol. The highest BCUT2D eigenvalue weighted by molar-refractivity contribution is 5.22. The molecule has 16 heavy (non-hydrogen) atoms. The minimum atomic E-state index is 0.00430. The molecule has 2 aromatic rings. The van der Waals surface area contributed by atoms with Gasteiger partial charge in [-0.15, -0.1) is 0 Å². The summed E-state index contributed by atoms with van der Waals surface area (Å²) in [6.07, 6.45) is 7.32. The van der Waals surface area contributed by atoms with Crippen LogP contribution in [0.1, 0.15) is 29.8 Å². The molecule has 1 unspecified atom stereocenters. The second-order valence-electron chi connectivity index (χ2n) is 4.04. The van der Waals surface area contributed by atoms with E-state index in [0.717, 1.165) is 12.2 Å². The zero-order chi connectivity index (χ0) is 11.5. The van der Waals surface area contributed by atoms with Crippen LogP contribution in [0.3, 0.4) is 0 Å². The molecule has 0 saturated heterocycles. The molecule has 0 aliphatic carbocycles. The number of hydrogen-bond acceptors (Lipinski definition) is 3. The van der Waals surface area contributed by atoms with Gasteiger partial charge in [0, 0.05) is 31.2 Å². The number of pyridine rings is 1. The number of nitrogens with two attached hydrogens (primary N) is 1. The van der Waals surface area contributed by atoms with Crippen molar-refractivity contribution in [2.24, 2.45) is 5.73 Å². The zero-order valence-corrected chi connectivity index (χ0v) is 9.59. The van der Waals surface area contributed by atoms with Crippen LogP contribution >= 0.6 is 0 Å². The molecule has 0 aliphatic heterocycles. The zero-order valence-electron chi connectivity index (χ0n) is 9.59. The minimum Gasteiger partial charge on any atom is -0.329 e. The predicted molar refractivity (Wildman–Crippen MR) is 62.9 cm³/mol. The lowest BCUT2D eigenvalue weighted by Crippen LogP contribution is -2.12. The molecule has 0 bridgehead atoms. The summed E-state index contributed by atoms with van der Waals surface area (Å²) in [5, 5.41) is 0. The van der Waals surface area contributed by atoms with Crippen molar-refractivity contribution >= 4 is 0 Å². The quantitative estimate of drug-likeness (QED) is 0.848. The number of imidazole rings is 1. The van der Waals surface area contributed by atoms with Gasteiger partial charge in [-0.1, -0.05) is 0 Å². The summed E-state index contributed by atoms with van der Waals surface area (Å²) in [5.41, 5.74) is 9.36. The number of aromatic nitrogens is 3. The van der Waals surface area contributed by atoms with E-state index in [1.54, 1.807) is 0 Å². The largest absolute Gasteiger partial charge is 0.329 e. The van der Waals surface area contributed by atoms with Gasteiger partial charge in [-0.2, -0.15) is 0 Å². The summed E-state index contributed by atoms with van der Waals surface area (Å²) in [5.74, 6) is 0. The Bertz CT molecular complexity index is 473. The Morgan fingerprint density at radius 1 is 1.38 bits per heavy atom. The molecule has 0 fully saturated rings. The summed E-state index contributed by atoms with van der Waals surface area (Å²) in [7, 11) is 0. The molecule has 2 N–H and O–H groups in total. The van der Waals surface area contributed by atoms with Crippen LogP contribution in [0.25, 0.3) is 0 Å². The van der Waals surface area contributed by atoms with E-state index in [1.165, 1.54) is 11.1 Å². The molecule has 0 spiro atoms. The molecule has 84 valence electrons. The summed E-state index contributed by atoms with van der Waals surface area (Å²) in [6.45, 7) is 4.82. The topological polar surface area (TPSA) is 56.7 Å². The van der Waals surface area contributed by atoms with E-state index in [0.29, 0.717) is 0 Å². The lowest BCUT2D eigenvalue weighted by Gasteiger charge is -2.12. The third-order valence-electron chi connectivity index (χ3n) is 2.69. The smallest absolute Gasteiger partial charge is 0.0951 e. The summed E-state index contributed by atoms with van der Waals surface area (Å²) >= 11 is 0. The van der Waals surface area contributed by atoms with E-state index < -0.39 is 0 Å². The monoisotopic (exact) mass is 216 g/mol. The first-order valence-corrected chi connectivity index (χ1v) is 5.33. The molecule has 2 aromatic heterocycles. The van der Waals surface area contributed by atoms with Crippen molar-refractivity contribution in [3.8, 4) is 0 Å². The highest BCUT2D eigenvalue weighted by Crippen LogP contribution is 2.13. The SMILES string of the molecule is Cc1cnccc1Cn1cncc1C(C)N. The average Bonchev–Trinajstić information content (AvgIpc) is 2.69. The first kappa shape index (κ1) is 10.8. The van der Waals surface area contributed by atoms with Crippen molar-refractivity contribution in [2.75, 3.05) is 0 Å². The van der Waals surface area contributed by atoms with Crippen LogP contribution in [-0.2, 0) is 6.54 Å². The fourth-order valence-electron chi connectivity index (χ4n) is 1.71. The number of nitrogens with zero attached hydrogens (tertiary/aromatic N) is 3. The van der Waals surface area contributed by atoms with Gasteiger partial charge in [0.15, 0.2) is 0 Å². The highest BCUT2D eigenvalue weighted by Gasteiger charge is 2.07. The molecule has 2 heterocycles. The van der Waals surface area contributed by atoms with Crippen molar-refractivity contribution < 1.29 is 0 Å². The summed E-state index contributed by atoms with van der Waals surface area (Å²) < 4.78 is 2.08. The Hall–Kier alpha value is -1.68. The van der Waals surface area contributed by atoms with E-state index in [-0.39, 0.29) is 6.04 Å². The molecule has 1 atom stereocenters.